The average Bonchev–Trinajstić information content (AvgIpc) is 3.52. The second-order valence-electron chi connectivity index (χ2n) is 12.6. The first-order chi connectivity index (χ1) is 23.0. The van der Waals surface area contributed by atoms with Gasteiger partial charge in [-0.2, -0.15) is 18.3 Å². The highest BCUT2D eigenvalue weighted by Crippen LogP contribution is 2.55. The number of nitrogens with zero attached hydrogens (tertiary/aromatic N) is 3. The van der Waals surface area contributed by atoms with Gasteiger partial charge >= 0.3 is 6.18 Å². The molecule has 4 aromatic carbocycles. The molecular weight excluding hydrogens is 639 g/mol. The van der Waals surface area contributed by atoms with Gasteiger partial charge in [0.05, 0.1) is 23.5 Å². The summed E-state index contributed by atoms with van der Waals surface area (Å²) in [5, 5.41) is 38.5. The Kier molecular flexibility index (Phi) is 8.10. The third-order valence-electron chi connectivity index (χ3n) is 9.76. The van der Waals surface area contributed by atoms with Crippen molar-refractivity contribution in [2.75, 3.05) is 11.9 Å². The Labute approximate surface area is 281 Å². The van der Waals surface area contributed by atoms with Gasteiger partial charge in [-0.15, -0.1) is 0 Å². The Hall–Kier alpha value is -4.57. The lowest BCUT2D eigenvalue weighted by molar-refractivity contribution is -0.145. The van der Waals surface area contributed by atoms with Gasteiger partial charge in [0.15, 0.2) is 5.69 Å². The van der Waals surface area contributed by atoms with Crippen LogP contribution in [0.4, 0.5) is 18.9 Å². The van der Waals surface area contributed by atoms with Gasteiger partial charge in [0.2, 0.25) is 5.88 Å². The largest absolute Gasteiger partial charge is 0.493 e. The summed E-state index contributed by atoms with van der Waals surface area (Å²) in [6.45, 7) is 0. The van der Waals surface area contributed by atoms with Crippen LogP contribution in [-0.2, 0) is 24.4 Å². The molecule has 5 aromatic rings. The summed E-state index contributed by atoms with van der Waals surface area (Å²) in [5.74, 6) is -3.14. The predicted molar refractivity (Wildman–Crippen MR) is 178 cm³/mol. The topological polar surface area (TPSA) is 81.8 Å². The van der Waals surface area contributed by atoms with Crippen LogP contribution in [0.3, 0.4) is 0 Å². The fourth-order valence-corrected chi connectivity index (χ4v) is 7.68. The highest BCUT2D eigenvalue weighted by Gasteiger charge is 2.56. The van der Waals surface area contributed by atoms with Crippen molar-refractivity contribution >= 4 is 17.3 Å². The lowest BCUT2D eigenvalue weighted by Crippen LogP contribution is -2.53. The van der Waals surface area contributed by atoms with E-state index in [9.17, 15) is 28.5 Å². The number of aromatic nitrogens is 2. The number of alkyl halides is 3. The van der Waals surface area contributed by atoms with Crippen LogP contribution in [0, 0.1) is 5.92 Å². The predicted octanol–water partition coefficient (Wildman–Crippen LogP) is 7.44. The average molecular weight is 672 g/mol. The van der Waals surface area contributed by atoms with Crippen molar-refractivity contribution in [3.8, 4) is 11.6 Å². The number of aliphatic hydroxyl groups is 2. The van der Waals surface area contributed by atoms with Gasteiger partial charge in [0.25, 0.3) is 0 Å². The van der Waals surface area contributed by atoms with Crippen LogP contribution in [0.15, 0.2) is 121 Å². The number of aliphatic hydroxyl groups excluding tert-OH is 2. The molecule has 2 unspecified atom stereocenters. The fourth-order valence-electron chi connectivity index (χ4n) is 7.51. The minimum absolute atomic E-state index is 0.212. The van der Waals surface area contributed by atoms with Crippen molar-refractivity contribution in [2.24, 2.45) is 5.92 Å². The molecule has 0 radical (unpaired) electrons. The summed E-state index contributed by atoms with van der Waals surface area (Å²) in [6.07, 6.45) is -4.94. The van der Waals surface area contributed by atoms with Crippen molar-refractivity contribution in [3.05, 3.63) is 154 Å². The quantitative estimate of drug-likeness (QED) is 0.168. The third kappa shape index (κ3) is 5.36. The molecule has 3 N–H and O–H groups in total. The van der Waals surface area contributed by atoms with Crippen LogP contribution in [-0.4, -0.2) is 44.4 Å². The molecule has 1 saturated carbocycles. The zero-order valence-corrected chi connectivity index (χ0v) is 26.6. The van der Waals surface area contributed by atoms with Crippen LogP contribution >= 0.6 is 11.6 Å². The molecule has 2 heterocycles. The fraction of sp³-hybridized carbons (Fsp3) is 0.237. The Morgan fingerprint density at radius 1 is 0.833 bits per heavy atom. The highest BCUT2D eigenvalue weighted by molar-refractivity contribution is 6.30. The summed E-state index contributed by atoms with van der Waals surface area (Å²) >= 11 is 6.60. The van der Waals surface area contributed by atoms with Gasteiger partial charge < -0.3 is 20.2 Å². The zero-order valence-electron chi connectivity index (χ0n) is 25.9. The van der Waals surface area contributed by atoms with E-state index in [1.54, 1.807) is 24.3 Å². The maximum absolute atomic E-state index is 14.3. The lowest BCUT2D eigenvalue weighted by atomic mass is 9.63. The monoisotopic (exact) mass is 671 g/mol. The van der Waals surface area contributed by atoms with Gasteiger partial charge in [-0.1, -0.05) is 96.5 Å². The normalized spacial score (nSPS) is 22.5. The number of hydrogen-bond donors (Lipinski definition) is 3. The SMILES string of the molecule is CN1C(=CC2C(O)C(c3c(C(F)(F)F)nn(-c4ccccc4)c3O)C2O)C(Cc2ccccc2)(Cc2ccccc2)c2cc(Cl)ccc21. The number of para-hydroxylation sites is 1. The summed E-state index contributed by atoms with van der Waals surface area (Å²) in [6, 6.07) is 33.6. The Morgan fingerprint density at radius 2 is 1.38 bits per heavy atom. The van der Waals surface area contributed by atoms with Crippen LogP contribution in [0.1, 0.15) is 33.9 Å². The standard InChI is InChI=1S/C38H33ClF3N3O3/c1-44-29-18-17-25(39)19-28(29)37(21-23-11-5-2-6-12-23,22-24-13-7-3-8-14-24)30(44)20-27-33(46)31(34(27)47)32-35(38(40,41)42)43-45(36(32)48)26-15-9-4-10-16-26/h2-20,27,31,33-34,46-48H,21-22H2,1H3. The summed E-state index contributed by atoms with van der Waals surface area (Å²) in [5.41, 5.74) is 2.30. The maximum atomic E-state index is 14.3. The van der Waals surface area contributed by atoms with E-state index in [0.717, 1.165) is 32.8 Å². The summed E-state index contributed by atoms with van der Waals surface area (Å²) in [7, 11) is 1.91. The number of hydrogen-bond acceptors (Lipinski definition) is 5. The molecule has 48 heavy (non-hydrogen) atoms. The van der Waals surface area contributed by atoms with Crippen LogP contribution in [0.2, 0.25) is 5.02 Å². The van der Waals surface area contributed by atoms with Crippen molar-refractivity contribution in [2.45, 2.75) is 42.6 Å². The lowest BCUT2D eigenvalue weighted by Gasteiger charge is -2.46. The molecule has 2 aliphatic rings. The highest BCUT2D eigenvalue weighted by atomic mass is 35.5. The van der Waals surface area contributed by atoms with E-state index < -0.39 is 52.8 Å². The van der Waals surface area contributed by atoms with Crippen molar-refractivity contribution in [3.63, 3.8) is 0 Å². The van der Waals surface area contributed by atoms with E-state index in [0.29, 0.717) is 17.9 Å². The van der Waals surface area contributed by atoms with E-state index in [1.807, 2.05) is 90.8 Å². The second-order valence-corrected chi connectivity index (χ2v) is 13.0. The number of fused-ring (bicyclic) bond motifs is 1. The number of halogens is 4. The van der Waals surface area contributed by atoms with E-state index in [2.05, 4.69) is 5.10 Å². The van der Waals surface area contributed by atoms with Crippen LogP contribution in [0.25, 0.3) is 5.69 Å². The molecule has 246 valence electrons. The van der Waals surface area contributed by atoms with Crippen LogP contribution < -0.4 is 4.90 Å². The van der Waals surface area contributed by atoms with Gasteiger partial charge in [0.1, 0.15) is 0 Å². The molecule has 1 aliphatic heterocycles. The van der Waals surface area contributed by atoms with Crippen molar-refractivity contribution in [1.29, 1.82) is 0 Å². The summed E-state index contributed by atoms with van der Waals surface area (Å²) in [4.78, 5) is 2.01. The van der Waals surface area contributed by atoms with Gasteiger partial charge in [-0.05, 0) is 59.9 Å². The van der Waals surface area contributed by atoms with E-state index in [4.69, 9.17) is 11.6 Å². The Balaban J connectivity index is 1.34. The first-order valence-corrected chi connectivity index (χ1v) is 16.0. The van der Waals surface area contributed by atoms with Crippen molar-refractivity contribution in [1.82, 2.24) is 9.78 Å². The molecule has 0 saturated heterocycles. The molecule has 1 aromatic heterocycles. The Bertz CT molecular complexity index is 1910. The minimum Gasteiger partial charge on any atom is -0.493 e. The number of rotatable bonds is 7. The van der Waals surface area contributed by atoms with E-state index >= 15 is 0 Å². The number of likely N-dealkylation sites (N-methyl/N-ethyl adjacent to an activating group) is 1. The summed E-state index contributed by atoms with van der Waals surface area (Å²) < 4.78 is 43.8. The molecule has 1 aliphatic carbocycles. The zero-order chi connectivity index (χ0) is 33.8. The van der Waals surface area contributed by atoms with Gasteiger partial charge in [-0.25, -0.2) is 4.68 Å². The number of benzene rings is 4. The number of allylic oxidation sites excluding steroid dienone is 1. The molecule has 7 rings (SSSR count). The smallest absolute Gasteiger partial charge is 0.435 e. The number of anilines is 1. The molecule has 0 bridgehead atoms. The third-order valence-corrected chi connectivity index (χ3v) is 9.99. The van der Waals surface area contributed by atoms with E-state index in [1.165, 1.54) is 12.1 Å². The van der Waals surface area contributed by atoms with Gasteiger partial charge in [0, 0.05) is 40.7 Å². The first-order valence-electron chi connectivity index (χ1n) is 15.6. The molecule has 0 amide bonds. The maximum Gasteiger partial charge on any atom is 0.435 e. The molecular formula is C38H33ClF3N3O3. The first kappa shape index (κ1) is 32.0. The molecule has 1 fully saturated rings. The molecule has 10 heteroatoms. The van der Waals surface area contributed by atoms with Crippen LogP contribution in [0.5, 0.6) is 5.88 Å². The Morgan fingerprint density at radius 3 is 1.92 bits per heavy atom. The van der Waals surface area contributed by atoms with Gasteiger partial charge in [-0.3, -0.25) is 0 Å². The number of aromatic hydroxyl groups is 1. The second kappa shape index (κ2) is 12.1. The van der Waals surface area contributed by atoms with Crippen molar-refractivity contribution < 1.29 is 28.5 Å². The van der Waals surface area contributed by atoms with E-state index in [-0.39, 0.29) is 5.69 Å². The molecule has 0 spiro atoms. The minimum atomic E-state index is -4.94. The molecule has 2 atom stereocenters. The molecule has 6 nitrogen and oxygen atoms in total.